The summed E-state index contributed by atoms with van der Waals surface area (Å²) in [7, 11) is 0. The first-order valence-electron chi connectivity index (χ1n) is 8.39. The Morgan fingerprint density at radius 2 is 1.86 bits per heavy atom. The number of allylic oxidation sites excluding steroid dienone is 1. The Morgan fingerprint density at radius 1 is 1.04 bits per heavy atom. The van der Waals surface area contributed by atoms with Crippen LogP contribution >= 0.6 is 15.9 Å². The van der Waals surface area contributed by atoms with E-state index in [0.29, 0.717) is 28.0 Å². The van der Waals surface area contributed by atoms with Gasteiger partial charge < -0.3 is 4.74 Å². The Balaban J connectivity index is 1.95. The van der Waals surface area contributed by atoms with Crippen molar-refractivity contribution in [2.24, 2.45) is 0 Å². The van der Waals surface area contributed by atoms with Crippen molar-refractivity contribution in [1.82, 2.24) is 0 Å². The van der Waals surface area contributed by atoms with Crippen LogP contribution in [0.5, 0.6) is 5.75 Å². The maximum Gasteiger partial charge on any atom is 0.127 e. The van der Waals surface area contributed by atoms with E-state index in [2.05, 4.69) is 28.1 Å². The summed E-state index contributed by atoms with van der Waals surface area (Å²) in [6.45, 7) is 0.216. The molecule has 0 radical (unpaired) electrons. The van der Waals surface area contributed by atoms with E-state index in [4.69, 9.17) is 4.74 Å². The highest BCUT2D eigenvalue weighted by Gasteiger charge is 2.09. The molecule has 0 aliphatic carbocycles. The molecule has 3 nitrogen and oxygen atoms in total. The first-order valence-corrected chi connectivity index (χ1v) is 9.18. The third-order valence-corrected chi connectivity index (χ3v) is 4.54. The third kappa shape index (κ3) is 4.65. The van der Waals surface area contributed by atoms with Gasteiger partial charge in [-0.3, -0.25) is 0 Å². The fraction of sp³-hybridized carbons (Fsp3) is 0.0435. The number of hydrogen-bond acceptors (Lipinski definition) is 3. The van der Waals surface area contributed by atoms with Crippen LogP contribution in [0.2, 0.25) is 0 Å². The maximum atomic E-state index is 13.5. The molecular weight excluding hydrogens is 419 g/mol. The molecule has 3 aromatic carbocycles. The lowest BCUT2D eigenvalue weighted by Gasteiger charge is -2.11. The van der Waals surface area contributed by atoms with E-state index in [0.717, 1.165) is 10.0 Å². The predicted molar refractivity (Wildman–Crippen MR) is 110 cm³/mol. The van der Waals surface area contributed by atoms with Gasteiger partial charge in [0.05, 0.1) is 23.3 Å². The molecule has 0 heterocycles. The standard InChI is InChI=1S/C23H14BrFN2O/c24-21-8-9-23(28-15-18-5-2-1-4-17(18)13-26)19(11-21)10-20(14-27)16-6-3-7-22(25)12-16/h1-12H,15H2/b20-10-. The molecule has 0 spiro atoms. The fourth-order valence-electron chi connectivity index (χ4n) is 2.67. The Hall–Kier alpha value is -3.41. The summed E-state index contributed by atoms with van der Waals surface area (Å²) in [5.74, 6) is 0.151. The second kappa shape index (κ2) is 8.99. The largest absolute Gasteiger partial charge is 0.488 e. The SMILES string of the molecule is N#C/C(=C/c1cc(Br)ccc1OCc1ccccc1C#N)c1cccc(F)c1. The van der Waals surface area contributed by atoms with Crippen molar-refractivity contribution in [2.75, 3.05) is 0 Å². The van der Waals surface area contributed by atoms with E-state index in [1.54, 1.807) is 36.4 Å². The summed E-state index contributed by atoms with van der Waals surface area (Å²) in [6, 6.07) is 22.8. The average Bonchev–Trinajstić information content (AvgIpc) is 2.71. The van der Waals surface area contributed by atoms with Crippen LogP contribution in [0.25, 0.3) is 11.6 Å². The molecule has 3 rings (SSSR count). The van der Waals surface area contributed by atoms with E-state index < -0.39 is 5.82 Å². The molecule has 0 unspecified atom stereocenters. The van der Waals surface area contributed by atoms with Crippen molar-refractivity contribution < 1.29 is 9.13 Å². The summed E-state index contributed by atoms with van der Waals surface area (Å²) in [6.07, 6.45) is 1.66. The van der Waals surface area contributed by atoms with E-state index in [1.807, 2.05) is 24.3 Å². The Labute approximate surface area is 171 Å². The molecule has 0 N–H and O–H groups in total. The van der Waals surface area contributed by atoms with Gasteiger partial charge in [0.15, 0.2) is 0 Å². The van der Waals surface area contributed by atoms with Crippen LogP contribution in [0.1, 0.15) is 22.3 Å². The molecule has 0 atom stereocenters. The number of halogens is 2. The van der Waals surface area contributed by atoms with Crippen molar-refractivity contribution in [3.63, 3.8) is 0 Å². The summed E-state index contributed by atoms with van der Waals surface area (Å²) in [4.78, 5) is 0. The minimum atomic E-state index is -0.405. The second-order valence-corrected chi connectivity index (χ2v) is 6.84. The maximum absolute atomic E-state index is 13.5. The molecule has 28 heavy (non-hydrogen) atoms. The Kier molecular flexibility index (Phi) is 6.22. The molecule has 5 heteroatoms. The number of nitriles is 2. The van der Waals surface area contributed by atoms with Crippen molar-refractivity contribution >= 4 is 27.6 Å². The van der Waals surface area contributed by atoms with Gasteiger partial charge in [0.25, 0.3) is 0 Å². The minimum Gasteiger partial charge on any atom is -0.488 e. The minimum absolute atomic E-state index is 0.216. The topological polar surface area (TPSA) is 56.8 Å². The Morgan fingerprint density at radius 3 is 2.61 bits per heavy atom. The van der Waals surface area contributed by atoms with Crippen LogP contribution in [0, 0.1) is 28.5 Å². The predicted octanol–water partition coefficient (Wildman–Crippen LogP) is 6.10. The summed E-state index contributed by atoms with van der Waals surface area (Å²) < 4.78 is 20.3. The van der Waals surface area contributed by atoms with Crippen LogP contribution in [0.15, 0.2) is 71.2 Å². The third-order valence-electron chi connectivity index (χ3n) is 4.05. The van der Waals surface area contributed by atoms with Gasteiger partial charge in [0, 0.05) is 15.6 Å². The highest BCUT2D eigenvalue weighted by atomic mass is 79.9. The smallest absolute Gasteiger partial charge is 0.127 e. The van der Waals surface area contributed by atoms with Crippen molar-refractivity contribution in [2.45, 2.75) is 6.61 Å². The lowest BCUT2D eigenvalue weighted by Crippen LogP contribution is -1.99. The first kappa shape index (κ1) is 19.4. The lowest BCUT2D eigenvalue weighted by molar-refractivity contribution is 0.305. The molecular formula is C23H14BrFN2O. The van der Waals surface area contributed by atoms with E-state index in [1.165, 1.54) is 12.1 Å². The number of rotatable bonds is 5. The van der Waals surface area contributed by atoms with Gasteiger partial charge in [0.2, 0.25) is 0 Å². The van der Waals surface area contributed by atoms with Gasteiger partial charge in [-0.15, -0.1) is 0 Å². The lowest BCUT2D eigenvalue weighted by atomic mass is 10.0. The number of benzene rings is 3. The van der Waals surface area contributed by atoms with Crippen molar-refractivity contribution in [3.8, 4) is 17.9 Å². The Bertz CT molecular complexity index is 1130. The number of hydrogen-bond donors (Lipinski definition) is 0. The van der Waals surface area contributed by atoms with Crippen molar-refractivity contribution in [3.05, 3.63) is 99.3 Å². The van der Waals surface area contributed by atoms with E-state index >= 15 is 0 Å². The summed E-state index contributed by atoms with van der Waals surface area (Å²) >= 11 is 3.42. The molecule has 0 fully saturated rings. The van der Waals surface area contributed by atoms with Crippen LogP contribution in [-0.2, 0) is 6.61 Å². The molecule has 0 saturated heterocycles. The molecule has 0 aliphatic rings. The number of ether oxygens (including phenoxy) is 1. The molecule has 136 valence electrons. The molecule has 3 aromatic rings. The summed E-state index contributed by atoms with van der Waals surface area (Å²) in [5, 5.41) is 18.8. The van der Waals surface area contributed by atoms with Crippen LogP contribution in [0.3, 0.4) is 0 Å². The van der Waals surface area contributed by atoms with Crippen LogP contribution in [-0.4, -0.2) is 0 Å². The molecule has 0 aromatic heterocycles. The van der Waals surface area contributed by atoms with Gasteiger partial charge in [-0.2, -0.15) is 10.5 Å². The van der Waals surface area contributed by atoms with Gasteiger partial charge >= 0.3 is 0 Å². The average molecular weight is 433 g/mol. The second-order valence-electron chi connectivity index (χ2n) is 5.92. The normalized spacial score (nSPS) is 10.8. The summed E-state index contributed by atoms with van der Waals surface area (Å²) in [5.41, 5.74) is 2.80. The van der Waals surface area contributed by atoms with Gasteiger partial charge in [0.1, 0.15) is 18.2 Å². The first-order chi connectivity index (χ1) is 13.6. The van der Waals surface area contributed by atoms with Crippen LogP contribution < -0.4 is 4.74 Å². The van der Waals surface area contributed by atoms with Crippen molar-refractivity contribution in [1.29, 1.82) is 10.5 Å². The molecule has 0 bridgehead atoms. The van der Waals surface area contributed by atoms with Gasteiger partial charge in [-0.25, -0.2) is 4.39 Å². The molecule has 0 saturated carbocycles. The van der Waals surface area contributed by atoms with Crippen LogP contribution in [0.4, 0.5) is 4.39 Å². The van der Waals surface area contributed by atoms with Gasteiger partial charge in [-0.1, -0.05) is 46.3 Å². The molecule has 0 amide bonds. The zero-order valence-corrected chi connectivity index (χ0v) is 16.3. The quantitative estimate of drug-likeness (QED) is 0.361. The zero-order valence-electron chi connectivity index (χ0n) is 14.7. The van der Waals surface area contributed by atoms with E-state index in [-0.39, 0.29) is 6.61 Å². The fourth-order valence-corrected chi connectivity index (χ4v) is 3.04. The molecule has 0 aliphatic heterocycles. The van der Waals surface area contributed by atoms with Gasteiger partial charge in [-0.05, 0) is 48.0 Å². The monoisotopic (exact) mass is 432 g/mol. The number of nitrogens with zero attached hydrogens (tertiary/aromatic N) is 2. The highest BCUT2D eigenvalue weighted by Crippen LogP contribution is 2.29. The zero-order chi connectivity index (χ0) is 19.9. The highest BCUT2D eigenvalue weighted by molar-refractivity contribution is 9.10. The van der Waals surface area contributed by atoms with E-state index in [9.17, 15) is 14.9 Å².